The molecule has 3 rings (SSSR count). The van der Waals surface area contributed by atoms with Crippen molar-refractivity contribution < 1.29 is 23.8 Å². The first-order valence-corrected chi connectivity index (χ1v) is 13.8. The van der Waals surface area contributed by atoms with E-state index in [1.54, 1.807) is 24.3 Å². The fraction of sp³-hybridized carbons (Fsp3) is 0.548. The van der Waals surface area contributed by atoms with Gasteiger partial charge in [-0.1, -0.05) is 52.0 Å². The highest BCUT2D eigenvalue weighted by Crippen LogP contribution is 2.30. The van der Waals surface area contributed by atoms with E-state index in [9.17, 15) is 9.59 Å². The number of rotatable bonds is 14. The minimum atomic E-state index is -0.391. The highest BCUT2D eigenvalue weighted by molar-refractivity contribution is 5.91. The van der Waals surface area contributed by atoms with Gasteiger partial charge in [-0.2, -0.15) is 0 Å². The minimum Gasteiger partial charge on any atom is -0.494 e. The lowest BCUT2D eigenvalue weighted by Crippen LogP contribution is -2.27. The van der Waals surface area contributed by atoms with Gasteiger partial charge in [0.15, 0.2) is 0 Å². The normalized spacial score (nSPS) is 15.6. The molecule has 2 atom stereocenters. The Balaban J connectivity index is 1.48. The molecular weight excluding hydrogens is 452 g/mol. The van der Waals surface area contributed by atoms with Crippen molar-refractivity contribution in [1.29, 1.82) is 0 Å². The van der Waals surface area contributed by atoms with Crippen LogP contribution in [0.25, 0.3) is 0 Å². The van der Waals surface area contributed by atoms with Crippen molar-refractivity contribution in [3.8, 4) is 11.5 Å². The molecule has 196 valence electrons. The second kappa shape index (κ2) is 14.7. The number of benzene rings is 2. The molecule has 0 aromatic heterocycles. The largest absolute Gasteiger partial charge is 0.494 e. The summed E-state index contributed by atoms with van der Waals surface area (Å²) in [4.78, 5) is 25.3. The van der Waals surface area contributed by atoms with E-state index in [-0.39, 0.29) is 18.0 Å². The molecule has 5 heteroatoms. The van der Waals surface area contributed by atoms with Gasteiger partial charge in [0.2, 0.25) is 0 Å². The Kier molecular flexibility index (Phi) is 11.3. The lowest BCUT2D eigenvalue weighted by atomic mass is 9.84. The molecule has 0 aliphatic heterocycles. The highest BCUT2D eigenvalue weighted by Gasteiger charge is 2.27. The molecule has 0 bridgehead atoms. The van der Waals surface area contributed by atoms with Crippen molar-refractivity contribution in [1.82, 2.24) is 0 Å². The second-order valence-electron chi connectivity index (χ2n) is 9.94. The number of fused-ring (bicyclic) bond motifs is 1. The number of carbonyl (C=O) groups excluding carboxylic acids is 2. The predicted octanol–water partition coefficient (Wildman–Crippen LogP) is 7.48. The van der Waals surface area contributed by atoms with E-state index in [1.807, 2.05) is 25.1 Å². The van der Waals surface area contributed by atoms with E-state index in [2.05, 4.69) is 13.8 Å². The van der Waals surface area contributed by atoms with Gasteiger partial charge in [0.25, 0.3) is 0 Å². The fourth-order valence-electron chi connectivity index (χ4n) is 4.60. The van der Waals surface area contributed by atoms with Crippen LogP contribution in [-0.4, -0.2) is 24.6 Å². The van der Waals surface area contributed by atoms with Gasteiger partial charge in [-0.3, -0.25) is 4.79 Å². The second-order valence-corrected chi connectivity index (χ2v) is 9.94. The Hall–Kier alpha value is -2.82. The molecule has 36 heavy (non-hydrogen) atoms. The Bertz CT molecular complexity index is 965. The highest BCUT2D eigenvalue weighted by atomic mass is 16.5. The summed E-state index contributed by atoms with van der Waals surface area (Å²) in [5, 5.41) is 0. The van der Waals surface area contributed by atoms with E-state index in [0.717, 1.165) is 61.8 Å². The number of hydrogen-bond donors (Lipinski definition) is 0. The quantitative estimate of drug-likeness (QED) is 0.155. The first-order chi connectivity index (χ1) is 17.5. The van der Waals surface area contributed by atoms with Crippen LogP contribution in [-0.2, 0) is 22.4 Å². The molecule has 1 aliphatic carbocycles. The molecule has 0 N–H and O–H groups in total. The minimum absolute atomic E-state index is 0.0285. The van der Waals surface area contributed by atoms with E-state index in [0.29, 0.717) is 24.3 Å². The fourth-order valence-corrected chi connectivity index (χ4v) is 4.60. The average Bonchev–Trinajstić information content (AvgIpc) is 2.89. The van der Waals surface area contributed by atoms with Crippen molar-refractivity contribution >= 4 is 11.9 Å². The topological polar surface area (TPSA) is 61.8 Å². The van der Waals surface area contributed by atoms with Crippen molar-refractivity contribution in [3.63, 3.8) is 0 Å². The van der Waals surface area contributed by atoms with Gasteiger partial charge in [0, 0.05) is 0 Å². The van der Waals surface area contributed by atoms with Gasteiger partial charge < -0.3 is 14.2 Å². The molecule has 0 amide bonds. The summed E-state index contributed by atoms with van der Waals surface area (Å²) >= 11 is 0. The number of carbonyl (C=O) groups is 2. The van der Waals surface area contributed by atoms with Crippen LogP contribution in [0, 0.1) is 5.92 Å². The van der Waals surface area contributed by atoms with Crippen molar-refractivity contribution in [3.05, 3.63) is 59.2 Å². The molecular formula is C31H42O5. The van der Waals surface area contributed by atoms with Crippen LogP contribution < -0.4 is 9.47 Å². The van der Waals surface area contributed by atoms with Gasteiger partial charge in [-0.15, -0.1) is 0 Å². The molecule has 1 unspecified atom stereocenters. The molecule has 2 aromatic rings. The maximum atomic E-state index is 12.7. The smallest absolute Gasteiger partial charge is 0.343 e. The molecule has 2 aromatic carbocycles. The van der Waals surface area contributed by atoms with Crippen molar-refractivity contribution in [2.24, 2.45) is 5.92 Å². The standard InChI is InChI=1S/C31H42O5/c1-4-6-8-9-11-23(3)35-31(33)27-13-12-26-22-29(19-16-25(26)21-27)36-30(32)24-14-17-28(18-15-24)34-20-10-7-5-2/h14-19,22-23,27H,4-13,20-21H2,1-3H3/t23-,27?/m0/s1. The third-order valence-electron chi connectivity index (χ3n) is 6.84. The Morgan fingerprint density at radius 3 is 2.36 bits per heavy atom. The monoisotopic (exact) mass is 494 g/mol. The van der Waals surface area contributed by atoms with Crippen LogP contribution >= 0.6 is 0 Å². The number of unbranched alkanes of at least 4 members (excludes halogenated alkanes) is 5. The van der Waals surface area contributed by atoms with E-state index < -0.39 is 5.97 Å². The number of ether oxygens (including phenoxy) is 3. The zero-order chi connectivity index (χ0) is 25.8. The number of esters is 2. The molecule has 0 heterocycles. The van der Waals surface area contributed by atoms with Gasteiger partial charge >= 0.3 is 11.9 Å². The van der Waals surface area contributed by atoms with Crippen LogP contribution in [0.4, 0.5) is 0 Å². The first-order valence-electron chi connectivity index (χ1n) is 13.8. The van der Waals surface area contributed by atoms with Crippen molar-refractivity contribution in [2.45, 2.75) is 97.5 Å². The number of aryl methyl sites for hydroxylation is 1. The van der Waals surface area contributed by atoms with E-state index >= 15 is 0 Å². The maximum Gasteiger partial charge on any atom is 0.343 e. The van der Waals surface area contributed by atoms with Crippen LogP contribution in [0.2, 0.25) is 0 Å². The van der Waals surface area contributed by atoms with Crippen LogP contribution in [0.3, 0.4) is 0 Å². The van der Waals surface area contributed by atoms with Crippen LogP contribution in [0.5, 0.6) is 11.5 Å². The molecule has 0 fully saturated rings. The third-order valence-corrected chi connectivity index (χ3v) is 6.84. The van der Waals surface area contributed by atoms with Gasteiger partial charge in [-0.25, -0.2) is 4.79 Å². The summed E-state index contributed by atoms with van der Waals surface area (Å²) in [5.41, 5.74) is 2.75. The summed E-state index contributed by atoms with van der Waals surface area (Å²) in [6, 6.07) is 12.8. The lowest BCUT2D eigenvalue weighted by molar-refractivity contribution is -0.154. The maximum absolute atomic E-state index is 12.7. The Labute approximate surface area is 216 Å². The Morgan fingerprint density at radius 1 is 0.889 bits per heavy atom. The lowest BCUT2D eigenvalue weighted by Gasteiger charge is -2.25. The van der Waals surface area contributed by atoms with E-state index in [1.165, 1.54) is 19.3 Å². The summed E-state index contributed by atoms with van der Waals surface area (Å²) < 4.78 is 17.1. The molecule has 0 saturated heterocycles. The molecule has 1 aliphatic rings. The average molecular weight is 495 g/mol. The van der Waals surface area contributed by atoms with Gasteiger partial charge in [-0.05, 0) is 93.0 Å². The summed E-state index contributed by atoms with van der Waals surface area (Å²) in [6.45, 7) is 7.04. The third kappa shape index (κ3) is 8.69. The zero-order valence-electron chi connectivity index (χ0n) is 22.2. The zero-order valence-corrected chi connectivity index (χ0v) is 22.2. The molecule has 0 radical (unpaired) electrons. The Morgan fingerprint density at radius 2 is 1.61 bits per heavy atom. The molecule has 5 nitrogen and oxygen atoms in total. The predicted molar refractivity (Wildman–Crippen MR) is 143 cm³/mol. The van der Waals surface area contributed by atoms with Crippen LogP contribution in [0.15, 0.2) is 42.5 Å². The van der Waals surface area contributed by atoms with Gasteiger partial charge in [0.1, 0.15) is 11.5 Å². The molecule has 0 saturated carbocycles. The summed E-state index contributed by atoms with van der Waals surface area (Å²) in [7, 11) is 0. The van der Waals surface area contributed by atoms with Gasteiger partial charge in [0.05, 0.1) is 24.2 Å². The van der Waals surface area contributed by atoms with Crippen molar-refractivity contribution in [2.75, 3.05) is 6.61 Å². The molecule has 0 spiro atoms. The SMILES string of the molecule is CCCCCC[C@H](C)OC(=O)C1CCc2cc(OC(=O)c3ccc(OCCCCC)cc3)ccc2C1. The van der Waals surface area contributed by atoms with E-state index in [4.69, 9.17) is 14.2 Å². The van der Waals surface area contributed by atoms with Crippen LogP contribution in [0.1, 0.15) is 100 Å². The summed E-state index contributed by atoms with van der Waals surface area (Å²) in [6.07, 6.45) is 11.2. The first kappa shape index (κ1) is 27.8. The summed E-state index contributed by atoms with van der Waals surface area (Å²) in [5.74, 6) is 0.706. The number of hydrogen-bond acceptors (Lipinski definition) is 5.